The predicted molar refractivity (Wildman–Crippen MR) is 112 cm³/mol. The quantitative estimate of drug-likeness (QED) is 0.257. The number of nitrogens with two attached hydrogens (primary N) is 1. The van der Waals surface area contributed by atoms with E-state index in [2.05, 4.69) is 15.0 Å². The van der Waals surface area contributed by atoms with Gasteiger partial charge in [-0.1, -0.05) is 6.07 Å². The van der Waals surface area contributed by atoms with Gasteiger partial charge in [-0.2, -0.15) is 0 Å². The third-order valence-electron chi connectivity index (χ3n) is 3.46. The van der Waals surface area contributed by atoms with Crippen LogP contribution in [0.1, 0.15) is 15.9 Å². The van der Waals surface area contributed by atoms with Crippen LogP contribution in [0.25, 0.3) is 0 Å². The number of esters is 1. The number of methoxy groups -OCH3 is 2. The van der Waals surface area contributed by atoms with Crippen LogP contribution in [-0.2, 0) is 11.3 Å². The van der Waals surface area contributed by atoms with Crippen molar-refractivity contribution in [1.29, 1.82) is 0 Å². The summed E-state index contributed by atoms with van der Waals surface area (Å²) in [5.74, 6) is -0.483. The Bertz CT molecular complexity index is 858. The number of nitrogens with zero attached hydrogens (tertiary/aromatic N) is 1. The Balaban J connectivity index is 0.00000420. The van der Waals surface area contributed by atoms with E-state index in [9.17, 15) is 18.0 Å². The van der Waals surface area contributed by atoms with Crippen LogP contribution < -0.4 is 20.5 Å². The second-order valence-electron chi connectivity index (χ2n) is 5.42. The molecule has 0 heterocycles. The summed E-state index contributed by atoms with van der Waals surface area (Å²) in [6.45, 7) is 0.155. The number of rotatable bonds is 6. The second kappa shape index (κ2) is 10.7. The highest BCUT2D eigenvalue weighted by Crippen LogP contribution is 2.24. The molecule has 0 saturated carbocycles. The Morgan fingerprint density at radius 2 is 1.79 bits per heavy atom. The van der Waals surface area contributed by atoms with Crippen LogP contribution in [0, 0.1) is 0 Å². The van der Waals surface area contributed by atoms with E-state index in [0.717, 1.165) is 12.1 Å². The molecule has 0 spiro atoms. The lowest BCUT2D eigenvalue weighted by Crippen LogP contribution is -2.22. The number of carbonyl (C=O) groups excluding carboxylic acids is 1. The van der Waals surface area contributed by atoms with Crippen LogP contribution in [-0.4, -0.2) is 32.5 Å². The summed E-state index contributed by atoms with van der Waals surface area (Å²) in [6, 6.07) is 9.93. The van der Waals surface area contributed by atoms with E-state index in [1.54, 1.807) is 18.2 Å². The number of nitrogens with one attached hydrogen (secondary N) is 1. The van der Waals surface area contributed by atoms with Crippen LogP contribution >= 0.6 is 24.0 Å². The monoisotopic (exact) mass is 525 g/mol. The molecule has 0 radical (unpaired) electrons. The largest absolute Gasteiger partial charge is 0.573 e. The lowest BCUT2D eigenvalue weighted by atomic mass is 10.1. The van der Waals surface area contributed by atoms with E-state index in [4.69, 9.17) is 15.2 Å². The van der Waals surface area contributed by atoms with Crippen molar-refractivity contribution in [3.8, 4) is 11.5 Å². The molecule has 0 fully saturated rings. The maximum atomic E-state index is 12.1. The molecular formula is C18H19F3IN3O4. The van der Waals surface area contributed by atoms with Crippen LogP contribution in [0.15, 0.2) is 47.5 Å². The SMILES string of the molecule is COC(=O)c1cc(CN=C(N)Nc2ccc(OC(F)(F)F)cc2)ccc1OC.I. The molecule has 0 aliphatic carbocycles. The van der Waals surface area contributed by atoms with Crippen molar-refractivity contribution in [1.82, 2.24) is 0 Å². The summed E-state index contributed by atoms with van der Waals surface area (Å²) < 4.78 is 50.1. The highest BCUT2D eigenvalue weighted by Gasteiger charge is 2.30. The zero-order valence-corrected chi connectivity index (χ0v) is 17.8. The van der Waals surface area contributed by atoms with Crippen molar-refractivity contribution in [3.05, 3.63) is 53.6 Å². The van der Waals surface area contributed by atoms with Gasteiger partial charge in [0.1, 0.15) is 17.1 Å². The molecule has 0 aliphatic heterocycles. The topological polar surface area (TPSA) is 95.2 Å². The molecule has 0 saturated heterocycles. The van der Waals surface area contributed by atoms with Gasteiger partial charge in [0, 0.05) is 5.69 Å². The minimum atomic E-state index is -4.75. The highest BCUT2D eigenvalue weighted by atomic mass is 127. The summed E-state index contributed by atoms with van der Waals surface area (Å²) in [7, 11) is 2.70. The Labute approximate surface area is 182 Å². The van der Waals surface area contributed by atoms with Crippen molar-refractivity contribution < 1.29 is 32.2 Å². The standard InChI is InChI=1S/C18H18F3N3O4.HI/c1-26-15-8-3-11(9-14(15)16(25)27-2)10-23-17(22)24-12-4-6-13(7-5-12)28-18(19,20)21;/h3-9H,10H2,1-2H3,(H3,22,23,24);1H. The fourth-order valence-corrected chi connectivity index (χ4v) is 2.23. The fourth-order valence-electron chi connectivity index (χ4n) is 2.23. The van der Waals surface area contributed by atoms with Gasteiger partial charge in [-0.3, -0.25) is 0 Å². The second-order valence-corrected chi connectivity index (χ2v) is 5.42. The minimum absolute atomic E-state index is 0. The van der Waals surface area contributed by atoms with Crippen molar-refractivity contribution >= 4 is 41.6 Å². The molecule has 2 rings (SSSR count). The summed E-state index contributed by atoms with van der Waals surface area (Å²) in [4.78, 5) is 15.9. The molecule has 2 aromatic rings. The third kappa shape index (κ3) is 7.68. The van der Waals surface area contributed by atoms with Crippen LogP contribution in [0.3, 0.4) is 0 Å². The molecular weight excluding hydrogens is 506 g/mol. The number of halogens is 4. The first-order valence-corrected chi connectivity index (χ1v) is 7.90. The average molecular weight is 525 g/mol. The molecule has 0 aliphatic rings. The summed E-state index contributed by atoms with van der Waals surface area (Å²) >= 11 is 0. The average Bonchev–Trinajstić information content (AvgIpc) is 2.66. The first kappa shape index (κ1) is 24.3. The Hall–Kier alpha value is -2.70. The lowest BCUT2D eigenvalue weighted by molar-refractivity contribution is -0.274. The molecule has 3 N–H and O–H groups in total. The van der Waals surface area contributed by atoms with Gasteiger partial charge in [0.2, 0.25) is 0 Å². The number of hydrogen-bond acceptors (Lipinski definition) is 5. The molecule has 0 amide bonds. The molecule has 0 unspecified atom stereocenters. The number of anilines is 1. The summed E-state index contributed by atoms with van der Waals surface area (Å²) in [5.41, 5.74) is 7.15. The highest BCUT2D eigenvalue weighted by molar-refractivity contribution is 14.0. The van der Waals surface area contributed by atoms with Gasteiger partial charge in [-0.05, 0) is 42.0 Å². The number of guanidine groups is 1. The first-order chi connectivity index (χ1) is 13.2. The molecule has 158 valence electrons. The normalized spacial score (nSPS) is 11.3. The summed E-state index contributed by atoms with van der Waals surface area (Å²) in [5, 5.41) is 2.75. The van der Waals surface area contributed by atoms with Crippen LogP contribution in [0.4, 0.5) is 18.9 Å². The zero-order valence-electron chi connectivity index (χ0n) is 15.4. The number of benzene rings is 2. The zero-order chi connectivity index (χ0) is 20.7. The van der Waals surface area contributed by atoms with Crippen LogP contribution in [0.2, 0.25) is 0 Å². The number of hydrogen-bond donors (Lipinski definition) is 2. The molecule has 0 bridgehead atoms. The molecule has 0 aromatic heterocycles. The van der Waals surface area contributed by atoms with Crippen LogP contribution in [0.5, 0.6) is 11.5 Å². The van der Waals surface area contributed by atoms with Gasteiger partial charge < -0.3 is 25.3 Å². The molecule has 2 aromatic carbocycles. The van der Waals surface area contributed by atoms with E-state index in [1.165, 1.54) is 26.4 Å². The van der Waals surface area contributed by atoms with E-state index < -0.39 is 12.3 Å². The van der Waals surface area contributed by atoms with Crippen molar-refractivity contribution in [2.24, 2.45) is 10.7 Å². The van der Waals surface area contributed by atoms with E-state index in [-0.39, 0.29) is 47.8 Å². The van der Waals surface area contributed by atoms with Crippen molar-refractivity contribution in [2.75, 3.05) is 19.5 Å². The van der Waals surface area contributed by atoms with Gasteiger partial charge in [0.25, 0.3) is 0 Å². The lowest BCUT2D eigenvalue weighted by Gasteiger charge is -2.10. The maximum Gasteiger partial charge on any atom is 0.573 e. The van der Waals surface area contributed by atoms with E-state index in [0.29, 0.717) is 17.0 Å². The molecule has 0 atom stereocenters. The number of alkyl halides is 3. The van der Waals surface area contributed by atoms with Crippen molar-refractivity contribution in [3.63, 3.8) is 0 Å². The maximum absolute atomic E-state index is 12.1. The molecule has 29 heavy (non-hydrogen) atoms. The first-order valence-electron chi connectivity index (χ1n) is 7.90. The minimum Gasteiger partial charge on any atom is -0.496 e. The van der Waals surface area contributed by atoms with Gasteiger partial charge in [0.05, 0.1) is 20.8 Å². The van der Waals surface area contributed by atoms with Gasteiger partial charge in [-0.15, -0.1) is 37.1 Å². The number of ether oxygens (including phenoxy) is 3. The van der Waals surface area contributed by atoms with Gasteiger partial charge >= 0.3 is 12.3 Å². The predicted octanol–water partition coefficient (Wildman–Crippen LogP) is 3.93. The summed E-state index contributed by atoms with van der Waals surface area (Å²) in [6.07, 6.45) is -4.75. The van der Waals surface area contributed by atoms with Gasteiger partial charge in [0.15, 0.2) is 5.96 Å². The Morgan fingerprint density at radius 3 is 2.34 bits per heavy atom. The number of carbonyl (C=O) groups is 1. The fraction of sp³-hybridized carbons (Fsp3) is 0.222. The number of aliphatic imine (C=N–C) groups is 1. The van der Waals surface area contributed by atoms with Gasteiger partial charge in [-0.25, -0.2) is 9.79 Å². The molecule has 7 nitrogen and oxygen atoms in total. The van der Waals surface area contributed by atoms with E-state index in [1.807, 2.05) is 0 Å². The third-order valence-corrected chi connectivity index (χ3v) is 3.46. The van der Waals surface area contributed by atoms with Crippen molar-refractivity contribution in [2.45, 2.75) is 12.9 Å². The van der Waals surface area contributed by atoms with E-state index >= 15 is 0 Å². The smallest absolute Gasteiger partial charge is 0.496 e. The Morgan fingerprint density at radius 1 is 1.14 bits per heavy atom. The molecule has 11 heteroatoms. The Kier molecular flexibility index (Phi) is 9.01.